The van der Waals surface area contributed by atoms with Crippen LogP contribution >= 0.6 is 0 Å². The average molecular weight is 326 g/mol. The highest BCUT2D eigenvalue weighted by molar-refractivity contribution is 5.89. The predicted octanol–water partition coefficient (Wildman–Crippen LogP) is 4.15. The van der Waals surface area contributed by atoms with Crippen molar-refractivity contribution >= 4 is 11.4 Å². The first-order valence-corrected chi connectivity index (χ1v) is 7.48. The molecule has 3 aromatic rings. The van der Waals surface area contributed by atoms with Crippen molar-refractivity contribution in [3.63, 3.8) is 0 Å². The van der Waals surface area contributed by atoms with Crippen LogP contribution in [0.15, 0.2) is 78.0 Å². The number of rotatable bonds is 6. The van der Waals surface area contributed by atoms with Crippen LogP contribution in [0.4, 0.5) is 14.5 Å². The third-order valence-corrected chi connectivity index (χ3v) is 3.44. The Kier molecular flexibility index (Phi) is 4.96. The van der Waals surface area contributed by atoms with Crippen LogP contribution in [0.1, 0.15) is 5.69 Å². The van der Waals surface area contributed by atoms with Gasteiger partial charge < -0.3 is 0 Å². The first-order chi connectivity index (χ1) is 11.7. The van der Waals surface area contributed by atoms with Gasteiger partial charge in [0.2, 0.25) is 0 Å². The lowest BCUT2D eigenvalue weighted by Gasteiger charge is -2.10. The zero-order chi connectivity index (χ0) is 16.8. The third-order valence-electron chi connectivity index (χ3n) is 3.44. The predicted molar refractivity (Wildman–Crippen MR) is 90.8 cm³/mol. The standard InChI is InChI=1S/C18H16F2N4/c19-18(20)17(23-22-14-7-3-1-4-8-14)13-16-11-12-21-24(16)15-9-5-2-6-10-15/h1-12,18,22H,13H2. The van der Waals surface area contributed by atoms with E-state index in [1.165, 1.54) is 0 Å². The molecule has 0 saturated heterocycles. The van der Waals surface area contributed by atoms with E-state index < -0.39 is 6.43 Å². The number of para-hydroxylation sites is 2. The van der Waals surface area contributed by atoms with Gasteiger partial charge in [0.05, 0.1) is 17.1 Å². The molecule has 0 fully saturated rings. The molecular formula is C18H16F2N4. The van der Waals surface area contributed by atoms with Gasteiger partial charge in [-0.1, -0.05) is 36.4 Å². The van der Waals surface area contributed by atoms with Gasteiger partial charge >= 0.3 is 0 Å². The SMILES string of the molecule is FC(F)C(Cc1ccnn1-c1ccccc1)=NNc1ccccc1. The zero-order valence-electron chi connectivity index (χ0n) is 12.8. The summed E-state index contributed by atoms with van der Waals surface area (Å²) in [7, 11) is 0. The van der Waals surface area contributed by atoms with E-state index in [4.69, 9.17) is 0 Å². The molecule has 4 nitrogen and oxygen atoms in total. The summed E-state index contributed by atoms with van der Waals surface area (Å²) in [6, 6.07) is 20.1. The lowest BCUT2D eigenvalue weighted by Crippen LogP contribution is -2.18. The number of anilines is 1. The Morgan fingerprint density at radius 1 is 1.00 bits per heavy atom. The van der Waals surface area contributed by atoms with E-state index in [0.717, 1.165) is 5.69 Å². The van der Waals surface area contributed by atoms with Crippen molar-refractivity contribution < 1.29 is 8.78 Å². The quantitative estimate of drug-likeness (QED) is 0.546. The molecule has 1 N–H and O–H groups in total. The highest BCUT2D eigenvalue weighted by Gasteiger charge is 2.17. The highest BCUT2D eigenvalue weighted by Crippen LogP contribution is 2.14. The van der Waals surface area contributed by atoms with Crippen LogP contribution < -0.4 is 5.43 Å². The van der Waals surface area contributed by atoms with Gasteiger partial charge in [-0.15, -0.1) is 0 Å². The van der Waals surface area contributed by atoms with Crippen molar-refractivity contribution in [2.24, 2.45) is 5.10 Å². The van der Waals surface area contributed by atoms with E-state index in [1.54, 1.807) is 29.1 Å². The topological polar surface area (TPSA) is 42.2 Å². The van der Waals surface area contributed by atoms with Gasteiger partial charge in [0.25, 0.3) is 6.43 Å². The molecule has 24 heavy (non-hydrogen) atoms. The van der Waals surface area contributed by atoms with Crippen molar-refractivity contribution in [2.75, 3.05) is 5.43 Å². The van der Waals surface area contributed by atoms with Gasteiger partial charge in [-0.05, 0) is 30.3 Å². The fourth-order valence-corrected chi connectivity index (χ4v) is 2.27. The smallest absolute Gasteiger partial charge is 0.278 e. The van der Waals surface area contributed by atoms with Gasteiger partial charge in [-0.25, -0.2) is 13.5 Å². The van der Waals surface area contributed by atoms with Gasteiger partial charge in [-0.3, -0.25) is 5.43 Å². The van der Waals surface area contributed by atoms with E-state index in [9.17, 15) is 8.78 Å². The van der Waals surface area contributed by atoms with Gasteiger partial charge in [0.1, 0.15) is 5.71 Å². The van der Waals surface area contributed by atoms with E-state index in [1.807, 2.05) is 48.5 Å². The number of halogens is 2. The number of benzene rings is 2. The molecule has 0 amide bonds. The minimum Gasteiger partial charge on any atom is -0.278 e. The van der Waals surface area contributed by atoms with Crippen molar-refractivity contribution in [2.45, 2.75) is 12.8 Å². The number of hydrogen-bond acceptors (Lipinski definition) is 3. The maximum Gasteiger partial charge on any atom is 0.278 e. The summed E-state index contributed by atoms with van der Waals surface area (Å²) in [6.45, 7) is 0. The first kappa shape index (κ1) is 15.9. The van der Waals surface area contributed by atoms with E-state index >= 15 is 0 Å². The Bertz CT molecular complexity index is 798. The van der Waals surface area contributed by atoms with E-state index in [2.05, 4.69) is 15.6 Å². The van der Waals surface area contributed by atoms with Crippen LogP contribution in [0.2, 0.25) is 0 Å². The van der Waals surface area contributed by atoms with Crippen molar-refractivity contribution in [3.8, 4) is 5.69 Å². The second-order valence-corrected chi connectivity index (χ2v) is 5.13. The minimum absolute atomic E-state index is 0.00634. The molecule has 2 aromatic carbocycles. The molecule has 0 unspecified atom stereocenters. The molecule has 0 radical (unpaired) electrons. The summed E-state index contributed by atoms with van der Waals surface area (Å²) < 4.78 is 28.3. The van der Waals surface area contributed by atoms with Crippen molar-refractivity contribution in [3.05, 3.63) is 78.6 Å². The number of aromatic nitrogens is 2. The summed E-state index contributed by atoms with van der Waals surface area (Å²) in [5.74, 6) is 0. The van der Waals surface area contributed by atoms with Crippen LogP contribution in [-0.4, -0.2) is 21.9 Å². The van der Waals surface area contributed by atoms with Crippen LogP contribution in [0.25, 0.3) is 5.69 Å². The fourth-order valence-electron chi connectivity index (χ4n) is 2.27. The average Bonchev–Trinajstić information content (AvgIpc) is 3.08. The van der Waals surface area contributed by atoms with Gasteiger partial charge in [0.15, 0.2) is 0 Å². The summed E-state index contributed by atoms with van der Waals surface area (Å²) in [6.07, 6.45) is -1.05. The Morgan fingerprint density at radius 3 is 2.33 bits per heavy atom. The summed E-state index contributed by atoms with van der Waals surface area (Å²) >= 11 is 0. The lowest BCUT2D eigenvalue weighted by molar-refractivity contribution is 0.223. The molecular weight excluding hydrogens is 310 g/mol. The summed E-state index contributed by atoms with van der Waals surface area (Å²) in [5, 5.41) is 8.09. The molecule has 1 aromatic heterocycles. The second-order valence-electron chi connectivity index (χ2n) is 5.13. The molecule has 0 aliphatic rings. The molecule has 0 spiro atoms. The van der Waals surface area contributed by atoms with Crippen molar-refractivity contribution in [1.82, 2.24) is 9.78 Å². The maximum absolute atomic E-state index is 13.3. The Labute approximate surface area is 138 Å². The van der Waals surface area contributed by atoms with Crippen LogP contribution in [0.3, 0.4) is 0 Å². The molecule has 3 rings (SSSR count). The number of nitrogens with zero attached hydrogens (tertiary/aromatic N) is 3. The number of nitrogens with one attached hydrogen (secondary N) is 1. The first-order valence-electron chi connectivity index (χ1n) is 7.48. The third kappa shape index (κ3) is 3.84. The van der Waals surface area contributed by atoms with Crippen LogP contribution in [0.5, 0.6) is 0 Å². The Balaban J connectivity index is 1.81. The number of alkyl halides is 2. The molecule has 122 valence electrons. The van der Waals surface area contributed by atoms with Crippen LogP contribution in [-0.2, 0) is 6.42 Å². The summed E-state index contributed by atoms with van der Waals surface area (Å²) in [5.41, 5.74) is 4.57. The Morgan fingerprint density at radius 2 is 1.67 bits per heavy atom. The fraction of sp³-hybridized carbons (Fsp3) is 0.111. The number of hydrazone groups is 1. The normalized spacial score (nSPS) is 11.7. The second kappa shape index (κ2) is 7.50. The molecule has 0 aliphatic carbocycles. The van der Waals surface area contributed by atoms with Gasteiger partial charge in [0, 0.05) is 12.6 Å². The highest BCUT2D eigenvalue weighted by atomic mass is 19.3. The van der Waals surface area contributed by atoms with Crippen LogP contribution in [0, 0.1) is 0 Å². The summed E-state index contributed by atoms with van der Waals surface area (Å²) in [4.78, 5) is 0. The molecule has 1 heterocycles. The zero-order valence-corrected chi connectivity index (χ0v) is 12.8. The van der Waals surface area contributed by atoms with E-state index in [-0.39, 0.29) is 12.1 Å². The van der Waals surface area contributed by atoms with Crippen molar-refractivity contribution in [1.29, 1.82) is 0 Å². The number of hydrogen-bond donors (Lipinski definition) is 1. The molecule has 0 atom stereocenters. The molecule has 0 aliphatic heterocycles. The molecule has 0 saturated carbocycles. The maximum atomic E-state index is 13.3. The minimum atomic E-state index is -2.65. The lowest BCUT2D eigenvalue weighted by atomic mass is 10.2. The largest absolute Gasteiger partial charge is 0.278 e. The Hall–Kier alpha value is -3.02. The van der Waals surface area contributed by atoms with Gasteiger partial charge in [-0.2, -0.15) is 10.2 Å². The van der Waals surface area contributed by atoms with E-state index in [0.29, 0.717) is 11.4 Å². The monoisotopic (exact) mass is 326 g/mol. The molecule has 6 heteroatoms. The molecule has 0 bridgehead atoms.